The summed E-state index contributed by atoms with van der Waals surface area (Å²) in [4.78, 5) is 24.7. The lowest BCUT2D eigenvalue weighted by atomic mass is 10.1. The fourth-order valence-electron chi connectivity index (χ4n) is 2.52. The molecule has 152 valence electrons. The number of amides is 1. The van der Waals surface area contributed by atoms with Crippen LogP contribution >= 0.6 is 11.8 Å². The maximum absolute atomic E-state index is 12.3. The highest BCUT2D eigenvalue weighted by atomic mass is 32.2. The van der Waals surface area contributed by atoms with Gasteiger partial charge in [0.1, 0.15) is 0 Å². The second kappa shape index (κ2) is 9.72. The van der Waals surface area contributed by atoms with Crippen LogP contribution in [0.2, 0.25) is 0 Å². The second-order valence-electron chi connectivity index (χ2n) is 6.01. The Labute approximate surface area is 165 Å². The number of carbonyl (C=O) groups excluding carboxylic acids is 1. The molecule has 0 fully saturated rings. The number of carbonyl (C=O) groups is 1. The highest BCUT2D eigenvalue weighted by Gasteiger charge is 2.29. The Kier molecular flexibility index (Phi) is 7.61. The van der Waals surface area contributed by atoms with Gasteiger partial charge in [0, 0.05) is 36.1 Å². The maximum atomic E-state index is 12.3. The van der Waals surface area contributed by atoms with Crippen molar-refractivity contribution in [1.82, 2.24) is 20.3 Å². The first-order valence-corrected chi connectivity index (χ1v) is 9.70. The van der Waals surface area contributed by atoms with E-state index < -0.39 is 12.8 Å². The van der Waals surface area contributed by atoms with Crippen molar-refractivity contribution in [2.24, 2.45) is 0 Å². The van der Waals surface area contributed by atoms with Crippen molar-refractivity contribution in [3.05, 3.63) is 40.8 Å². The lowest BCUT2D eigenvalue weighted by molar-refractivity contribution is -0.154. The summed E-state index contributed by atoms with van der Waals surface area (Å²) >= 11 is 1.45. The van der Waals surface area contributed by atoms with Crippen LogP contribution in [0.25, 0.3) is 0 Å². The summed E-state index contributed by atoms with van der Waals surface area (Å²) in [5.74, 6) is -0.383. The molecule has 10 heteroatoms. The molecule has 0 aromatic carbocycles. The number of rotatable bonds is 8. The van der Waals surface area contributed by atoms with Crippen molar-refractivity contribution in [1.29, 1.82) is 0 Å². The van der Waals surface area contributed by atoms with Gasteiger partial charge in [0.15, 0.2) is 11.8 Å². The van der Waals surface area contributed by atoms with Crippen molar-refractivity contribution in [2.45, 2.75) is 44.6 Å². The largest absolute Gasteiger partial charge is 0.468 e. The molecule has 0 atom stereocenters. The van der Waals surface area contributed by atoms with E-state index in [1.165, 1.54) is 18.0 Å². The van der Waals surface area contributed by atoms with Crippen LogP contribution in [0.15, 0.2) is 23.5 Å². The molecule has 2 heterocycles. The third kappa shape index (κ3) is 6.66. The minimum Gasteiger partial charge on any atom is -0.468 e. The molecule has 1 amide bonds. The standard InChI is InChI=1S/C18H21F3N4O2S/c1-11-14(12(2)25-17(24-11)28-3)6-7-15(26)23-9-13-5-4-8-22-16(13)27-10-18(19,20)21/h4-5,8H,6-7,9-10H2,1-3H3,(H,23,26). The molecule has 0 aliphatic heterocycles. The van der Waals surface area contributed by atoms with Gasteiger partial charge in [-0.05, 0) is 38.2 Å². The molecule has 2 aromatic heterocycles. The SMILES string of the molecule is CSc1nc(C)c(CCC(=O)NCc2cccnc2OCC(F)(F)F)c(C)n1. The lowest BCUT2D eigenvalue weighted by Gasteiger charge is -2.13. The predicted molar refractivity (Wildman–Crippen MR) is 99.2 cm³/mol. The number of thioether (sulfide) groups is 1. The van der Waals surface area contributed by atoms with Crippen LogP contribution in [0.1, 0.15) is 28.9 Å². The smallest absolute Gasteiger partial charge is 0.422 e. The van der Waals surface area contributed by atoms with Gasteiger partial charge in [0.25, 0.3) is 0 Å². The number of ether oxygens (including phenoxy) is 1. The van der Waals surface area contributed by atoms with E-state index in [1.54, 1.807) is 12.1 Å². The molecule has 6 nitrogen and oxygen atoms in total. The maximum Gasteiger partial charge on any atom is 0.422 e. The molecule has 1 N–H and O–H groups in total. The third-order valence-electron chi connectivity index (χ3n) is 3.88. The van der Waals surface area contributed by atoms with Crippen LogP contribution in [0.4, 0.5) is 13.2 Å². The van der Waals surface area contributed by atoms with Gasteiger partial charge in [-0.15, -0.1) is 0 Å². The van der Waals surface area contributed by atoms with Gasteiger partial charge >= 0.3 is 6.18 Å². The van der Waals surface area contributed by atoms with Crippen molar-refractivity contribution < 1.29 is 22.7 Å². The Morgan fingerprint density at radius 2 is 1.93 bits per heavy atom. The topological polar surface area (TPSA) is 77.0 Å². The van der Waals surface area contributed by atoms with E-state index in [4.69, 9.17) is 4.74 Å². The molecule has 0 saturated carbocycles. The normalized spacial score (nSPS) is 11.4. The zero-order valence-electron chi connectivity index (χ0n) is 15.8. The number of nitrogens with one attached hydrogen (secondary N) is 1. The second-order valence-corrected chi connectivity index (χ2v) is 6.78. The first-order chi connectivity index (χ1) is 13.2. The molecule has 0 aliphatic carbocycles. The Bertz CT molecular complexity index is 808. The summed E-state index contributed by atoms with van der Waals surface area (Å²) in [7, 11) is 0. The molecule has 0 saturated heterocycles. The minimum absolute atomic E-state index is 0.0275. The molecule has 0 bridgehead atoms. The van der Waals surface area contributed by atoms with Gasteiger partial charge in [-0.25, -0.2) is 15.0 Å². The molecule has 0 unspecified atom stereocenters. The predicted octanol–water partition coefficient (Wildman–Crippen LogP) is 3.40. The summed E-state index contributed by atoms with van der Waals surface area (Å²) < 4.78 is 41.7. The number of halogens is 3. The van der Waals surface area contributed by atoms with Crippen LogP contribution < -0.4 is 10.1 Å². The van der Waals surface area contributed by atoms with Gasteiger partial charge in [-0.2, -0.15) is 13.2 Å². The number of nitrogens with zero attached hydrogens (tertiary/aromatic N) is 3. The summed E-state index contributed by atoms with van der Waals surface area (Å²) in [6.07, 6.45) is -0.541. The van der Waals surface area contributed by atoms with E-state index in [1.807, 2.05) is 20.1 Å². The molecule has 2 aromatic rings. The van der Waals surface area contributed by atoms with Crippen molar-refractivity contribution in [2.75, 3.05) is 12.9 Å². The van der Waals surface area contributed by atoms with Crippen molar-refractivity contribution >= 4 is 17.7 Å². The minimum atomic E-state index is -4.46. The van der Waals surface area contributed by atoms with Gasteiger partial charge in [-0.3, -0.25) is 4.79 Å². The van der Waals surface area contributed by atoms with E-state index in [0.717, 1.165) is 17.0 Å². The van der Waals surface area contributed by atoms with Crippen LogP contribution in [0, 0.1) is 13.8 Å². The Balaban J connectivity index is 1.92. The van der Waals surface area contributed by atoms with Crippen LogP contribution in [-0.2, 0) is 17.8 Å². The third-order valence-corrected chi connectivity index (χ3v) is 4.43. The molecular formula is C18H21F3N4O2S. The molecule has 0 radical (unpaired) electrons. The number of hydrogen-bond donors (Lipinski definition) is 1. The molecule has 0 spiro atoms. The van der Waals surface area contributed by atoms with E-state index >= 15 is 0 Å². The number of aryl methyl sites for hydroxylation is 2. The summed E-state index contributed by atoms with van der Waals surface area (Å²) in [5, 5.41) is 3.37. The Morgan fingerprint density at radius 3 is 2.54 bits per heavy atom. The monoisotopic (exact) mass is 414 g/mol. The summed E-state index contributed by atoms with van der Waals surface area (Å²) in [6, 6.07) is 3.13. The molecule has 2 rings (SSSR count). The summed E-state index contributed by atoms with van der Waals surface area (Å²) in [5.41, 5.74) is 2.96. The van der Waals surface area contributed by atoms with Crippen molar-refractivity contribution in [3.8, 4) is 5.88 Å². The van der Waals surface area contributed by atoms with E-state index in [9.17, 15) is 18.0 Å². The molecular weight excluding hydrogens is 393 g/mol. The van der Waals surface area contributed by atoms with E-state index in [2.05, 4.69) is 20.3 Å². The van der Waals surface area contributed by atoms with E-state index in [0.29, 0.717) is 17.1 Å². The van der Waals surface area contributed by atoms with Crippen LogP contribution in [0.3, 0.4) is 0 Å². The first kappa shape index (κ1) is 21.9. The van der Waals surface area contributed by atoms with E-state index in [-0.39, 0.29) is 24.8 Å². The average Bonchev–Trinajstić information content (AvgIpc) is 2.63. The van der Waals surface area contributed by atoms with Crippen LogP contribution in [0.5, 0.6) is 5.88 Å². The zero-order valence-corrected chi connectivity index (χ0v) is 16.6. The lowest BCUT2D eigenvalue weighted by Crippen LogP contribution is -2.25. The van der Waals surface area contributed by atoms with Gasteiger partial charge in [-0.1, -0.05) is 17.8 Å². The number of aromatic nitrogens is 3. The van der Waals surface area contributed by atoms with Gasteiger partial charge in [0.05, 0.1) is 0 Å². The molecule has 28 heavy (non-hydrogen) atoms. The highest BCUT2D eigenvalue weighted by Crippen LogP contribution is 2.20. The molecule has 0 aliphatic rings. The highest BCUT2D eigenvalue weighted by molar-refractivity contribution is 7.98. The average molecular weight is 414 g/mol. The van der Waals surface area contributed by atoms with Crippen molar-refractivity contribution in [3.63, 3.8) is 0 Å². The number of hydrogen-bond acceptors (Lipinski definition) is 6. The van der Waals surface area contributed by atoms with Crippen LogP contribution in [-0.4, -0.2) is 39.9 Å². The fourth-order valence-corrected chi connectivity index (χ4v) is 2.98. The quantitative estimate of drug-likeness (QED) is 0.527. The number of pyridine rings is 1. The summed E-state index contributed by atoms with van der Waals surface area (Å²) in [6.45, 7) is 2.35. The Hall–Kier alpha value is -2.36. The first-order valence-electron chi connectivity index (χ1n) is 8.48. The van der Waals surface area contributed by atoms with Gasteiger partial charge in [0.2, 0.25) is 11.8 Å². The number of alkyl halides is 3. The van der Waals surface area contributed by atoms with Gasteiger partial charge < -0.3 is 10.1 Å². The zero-order chi connectivity index (χ0) is 20.7. The Morgan fingerprint density at radius 1 is 1.25 bits per heavy atom. The fraction of sp³-hybridized carbons (Fsp3) is 0.444.